The lowest BCUT2D eigenvalue weighted by molar-refractivity contribution is 0.592. The van der Waals surface area contributed by atoms with Gasteiger partial charge in [-0.25, -0.2) is 18.4 Å². The molecule has 7 nitrogen and oxygen atoms in total. The Morgan fingerprint density at radius 1 is 1.00 bits per heavy atom. The average molecular weight is 355 g/mol. The molecule has 4 rings (SSSR count). The first-order valence-electron chi connectivity index (χ1n) is 7.72. The zero-order chi connectivity index (χ0) is 17.6. The molecule has 2 aliphatic rings. The molecule has 2 aromatic rings. The third-order valence-electron chi connectivity index (χ3n) is 4.04. The molecule has 25 heavy (non-hydrogen) atoms. The van der Waals surface area contributed by atoms with Gasteiger partial charge in [0.15, 0.2) is 10.9 Å². The van der Waals surface area contributed by atoms with E-state index in [2.05, 4.69) is 16.0 Å². The first kappa shape index (κ1) is 15.7. The predicted molar refractivity (Wildman–Crippen MR) is 96.1 cm³/mol. The van der Waals surface area contributed by atoms with Crippen LogP contribution in [0.3, 0.4) is 0 Å². The molecule has 0 atom stereocenters. The number of fused-ring (bicyclic) bond motifs is 3. The molecule has 0 bridgehead atoms. The monoisotopic (exact) mass is 355 g/mol. The number of nitrogens with zero attached hydrogens (tertiary/aromatic N) is 3. The molecule has 2 aliphatic heterocycles. The van der Waals surface area contributed by atoms with Crippen LogP contribution in [0.2, 0.25) is 0 Å². The van der Waals surface area contributed by atoms with Crippen LogP contribution in [0.25, 0.3) is 0 Å². The standard InChI is InChI=1S/C17H17N5O2S/c1-21(2)15-13-10-6-7-11-14(13)22-16(18-15)17(19-20-22)25(23,24)12-8-4-3-5-9-12/h3-11,19-20H,1-2H3. The number of hydrogen-bond acceptors (Lipinski definition) is 7. The number of aliphatic imine (C=N–C) groups is 1. The van der Waals surface area contributed by atoms with Crippen LogP contribution in [0.5, 0.6) is 0 Å². The molecule has 0 radical (unpaired) electrons. The van der Waals surface area contributed by atoms with Crippen LogP contribution in [-0.4, -0.2) is 33.2 Å². The Kier molecular flexibility index (Phi) is 3.52. The molecule has 0 fully saturated rings. The van der Waals surface area contributed by atoms with Gasteiger partial charge in [0.1, 0.15) is 5.84 Å². The topological polar surface area (TPSA) is 77.0 Å². The SMILES string of the molecule is CN(C)C1=NC2=C(S(=O)(=O)c3ccccc3)NNN2c2ccccc21. The predicted octanol–water partition coefficient (Wildman–Crippen LogP) is 1.44. The number of amidine groups is 1. The van der Waals surface area contributed by atoms with Crippen molar-refractivity contribution < 1.29 is 8.42 Å². The second kappa shape index (κ2) is 5.61. The van der Waals surface area contributed by atoms with Crippen molar-refractivity contribution in [3.05, 3.63) is 71.0 Å². The Morgan fingerprint density at radius 2 is 1.68 bits per heavy atom. The number of para-hydroxylation sites is 1. The molecule has 0 saturated heterocycles. The highest BCUT2D eigenvalue weighted by Gasteiger charge is 2.37. The van der Waals surface area contributed by atoms with Gasteiger partial charge in [-0.1, -0.05) is 30.3 Å². The number of rotatable bonds is 2. The van der Waals surface area contributed by atoms with Crippen molar-refractivity contribution in [2.75, 3.05) is 19.1 Å². The number of hydrogen-bond donors (Lipinski definition) is 2. The molecule has 0 saturated carbocycles. The van der Waals surface area contributed by atoms with Crippen molar-refractivity contribution in [2.24, 2.45) is 4.99 Å². The number of sulfone groups is 1. The summed E-state index contributed by atoms with van der Waals surface area (Å²) < 4.78 is 26.0. The summed E-state index contributed by atoms with van der Waals surface area (Å²) in [6.07, 6.45) is 0. The number of anilines is 1. The lowest BCUT2D eigenvalue weighted by Gasteiger charge is -2.29. The summed E-state index contributed by atoms with van der Waals surface area (Å²) in [5, 5.41) is 1.69. The summed E-state index contributed by atoms with van der Waals surface area (Å²) >= 11 is 0. The van der Waals surface area contributed by atoms with Crippen molar-refractivity contribution >= 4 is 21.4 Å². The molecular weight excluding hydrogens is 338 g/mol. The molecule has 2 aromatic carbocycles. The van der Waals surface area contributed by atoms with Crippen LogP contribution in [0, 0.1) is 0 Å². The second-order valence-corrected chi connectivity index (χ2v) is 7.77. The van der Waals surface area contributed by atoms with Crippen LogP contribution in [0.15, 0.2) is 75.3 Å². The van der Waals surface area contributed by atoms with Gasteiger partial charge in [0.05, 0.1) is 10.6 Å². The van der Waals surface area contributed by atoms with E-state index in [-0.39, 0.29) is 9.92 Å². The Labute approximate surface area is 146 Å². The van der Waals surface area contributed by atoms with Crippen molar-refractivity contribution in [3.8, 4) is 0 Å². The molecule has 128 valence electrons. The van der Waals surface area contributed by atoms with Crippen LogP contribution in [-0.2, 0) is 9.84 Å². The van der Waals surface area contributed by atoms with Gasteiger partial charge in [0.25, 0.3) is 0 Å². The van der Waals surface area contributed by atoms with E-state index in [1.807, 2.05) is 43.3 Å². The zero-order valence-corrected chi connectivity index (χ0v) is 14.6. The minimum absolute atomic E-state index is 0.0348. The smallest absolute Gasteiger partial charge is 0.226 e. The third-order valence-corrected chi connectivity index (χ3v) is 5.75. The fourth-order valence-corrected chi connectivity index (χ4v) is 4.16. The van der Waals surface area contributed by atoms with Gasteiger partial charge in [-0.15, -0.1) is 5.53 Å². The molecular formula is C17H17N5O2S. The highest BCUT2D eigenvalue weighted by atomic mass is 32.2. The maximum absolute atomic E-state index is 13.0. The number of hydrazine groups is 2. The van der Waals surface area contributed by atoms with Crippen LogP contribution >= 0.6 is 0 Å². The van der Waals surface area contributed by atoms with Gasteiger partial charge >= 0.3 is 0 Å². The molecule has 8 heteroatoms. The van der Waals surface area contributed by atoms with E-state index in [1.54, 1.807) is 35.3 Å². The van der Waals surface area contributed by atoms with E-state index in [0.29, 0.717) is 11.7 Å². The normalized spacial score (nSPS) is 16.1. The summed E-state index contributed by atoms with van der Waals surface area (Å²) in [5.41, 5.74) is 7.44. The van der Waals surface area contributed by atoms with E-state index in [0.717, 1.165) is 11.3 Å². The lowest BCUT2D eigenvalue weighted by atomic mass is 10.1. The molecule has 0 spiro atoms. The number of nitrogens with one attached hydrogen (secondary N) is 2. The van der Waals surface area contributed by atoms with Gasteiger partial charge in [0.2, 0.25) is 9.84 Å². The van der Waals surface area contributed by atoms with E-state index >= 15 is 0 Å². The van der Waals surface area contributed by atoms with Crippen molar-refractivity contribution in [1.29, 1.82) is 0 Å². The lowest BCUT2D eigenvalue weighted by Crippen LogP contribution is -2.41. The van der Waals surface area contributed by atoms with Gasteiger partial charge in [0, 0.05) is 19.7 Å². The minimum Gasteiger partial charge on any atom is -0.362 e. The summed E-state index contributed by atoms with van der Waals surface area (Å²) in [4.78, 5) is 6.69. The Bertz CT molecular complexity index is 997. The Hall–Kier alpha value is -2.84. The van der Waals surface area contributed by atoms with Gasteiger partial charge in [-0.2, -0.15) is 0 Å². The van der Waals surface area contributed by atoms with E-state index < -0.39 is 9.84 Å². The maximum Gasteiger partial charge on any atom is 0.226 e. The first-order chi connectivity index (χ1) is 12.0. The second-order valence-electron chi connectivity index (χ2n) is 5.89. The summed E-state index contributed by atoms with van der Waals surface area (Å²) in [6.45, 7) is 0. The van der Waals surface area contributed by atoms with E-state index in [1.165, 1.54) is 0 Å². The Morgan fingerprint density at radius 3 is 2.40 bits per heavy atom. The van der Waals surface area contributed by atoms with Crippen molar-refractivity contribution in [3.63, 3.8) is 0 Å². The highest BCUT2D eigenvalue weighted by Crippen LogP contribution is 2.34. The van der Waals surface area contributed by atoms with Gasteiger partial charge < -0.3 is 4.90 Å². The quantitative estimate of drug-likeness (QED) is 0.849. The average Bonchev–Trinajstić information content (AvgIpc) is 3.06. The molecule has 2 N–H and O–H groups in total. The van der Waals surface area contributed by atoms with Crippen molar-refractivity contribution in [1.82, 2.24) is 15.9 Å². The molecule has 0 amide bonds. The highest BCUT2D eigenvalue weighted by molar-refractivity contribution is 7.95. The minimum atomic E-state index is -3.72. The number of benzene rings is 2. The molecule has 0 aromatic heterocycles. The maximum atomic E-state index is 13.0. The fourth-order valence-electron chi connectivity index (χ4n) is 2.86. The van der Waals surface area contributed by atoms with Crippen LogP contribution in [0.4, 0.5) is 5.69 Å². The largest absolute Gasteiger partial charge is 0.362 e. The fraction of sp³-hybridized carbons (Fsp3) is 0.118. The summed E-state index contributed by atoms with van der Waals surface area (Å²) in [7, 11) is 0.0419. The van der Waals surface area contributed by atoms with Crippen LogP contribution < -0.4 is 16.0 Å². The van der Waals surface area contributed by atoms with E-state index in [9.17, 15) is 8.42 Å². The summed E-state index contributed by atoms with van der Waals surface area (Å²) in [6, 6.07) is 16.0. The zero-order valence-electron chi connectivity index (χ0n) is 13.8. The van der Waals surface area contributed by atoms with E-state index in [4.69, 9.17) is 0 Å². The Balaban J connectivity index is 1.93. The third kappa shape index (κ3) is 2.38. The van der Waals surface area contributed by atoms with Crippen LogP contribution in [0.1, 0.15) is 5.56 Å². The molecule has 0 unspecified atom stereocenters. The molecule has 2 heterocycles. The molecule has 0 aliphatic carbocycles. The summed E-state index contributed by atoms with van der Waals surface area (Å²) in [5.74, 6) is 1.03. The first-order valence-corrected chi connectivity index (χ1v) is 9.20. The van der Waals surface area contributed by atoms with Gasteiger partial charge in [-0.3, -0.25) is 5.43 Å². The van der Waals surface area contributed by atoms with Gasteiger partial charge in [-0.05, 0) is 24.3 Å². The van der Waals surface area contributed by atoms with Crippen molar-refractivity contribution in [2.45, 2.75) is 4.90 Å².